The molecule has 2 rings (SSSR count). The molecule has 0 saturated carbocycles. The standard InChI is InChI=1S/C11H15N5O2/c1-6-11(7(2)15-14-6)13-9(17)4-5-10-12-8(3)16-18-10/h4-5H2,1-3H3,(H,13,17)(H,14,15). The van der Waals surface area contributed by atoms with Gasteiger partial charge in [0.1, 0.15) is 0 Å². The predicted octanol–water partition coefficient (Wildman–Crippen LogP) is 1.29. The fraction of sp³-hybridized carbons (Fsp3) is 0.455. The number of hydrogen-bond donors (Lipinski definition) is 2. The largest absolute Gasteiger partial charge is 0.339 e. The summed E-state index contributed by atoms with van der Waals surface area (Å²) in [6, 6.07) is 0. The number of nitrogens with one attached hydrogen (secondary N) is 2. The third-order valence-corrected chi connectivity index (χ3v) is 2.53. The van der Waals surface area contributed by atoms with E-state index in [1.165, 1.54) is 0 Å². The smallest absolute Gasteiger partial charge is 0.227 e. The van der Waals surface area contributed by atoms with Crippen LogP contribution in [0.15, 0.2) is 4.52 Å². The number of nitrogens with zero attached hydrogens (tertiary/aromatic N) is 3. The molecule has 0 aromatic carbocycles. The minimum atomic E-state index is -0.0987. The van der Waals surface area contributed by atoms with Gasteiger partial charge in [-0.3, -0.25) is 9.89 Å². The van der Waals surface area contributed by atoms with E-state index < -0.39 is 0 Å². The van der Waals surface area contributed by atoms with Crippen LogP contribution in [-0.2, 0) is 11.2 Å². The number of hydrogen-bond acceptors (Lipinski definition) is 5. The van der Waals surface area contributed by atoms with E-state index in [0.29, 0.717) is 24.6 Å². The monoisotopic (exact) mass is 249 g/mol. The summed E-state index contributed by atoms with van der Waals surface area (Å²) in [4.78, 5) is 15.8. The highest BCUT2D eigenvalue weighted by Gasteiger charge is 2.11. The van der Waals surface area contributed by atoms with E-state index in [9.17, 15) is 4.79 Å². The van der Waals surface area contributed by atoms with Gasteiger partial charge in [0.15, 0.2) is 5.82 Å². The molecule has 0 aliphatic rings. The molecule has 96 valence electrons. The van der Waals surface area contributed by atoms with Crippen LogP contribution in [0.4, 0.5) is 5.69 Å². The van der Waals surface area contributed by atoms with Gasteiger partial charge < -0.3 is 9.84 Å². The minimum Gasteiger partial charge on any atom is -0.339 e. The van der Waals surface area contributed by atoms with Crippen LogP contribution in [0, 0.1) is 20.8 Å². The fourth-order valence-corrected chi connectivity index (χ4v) is 1.60. The van der Waals surface area contributed by atoms with Gasteiger partial charge in [-0.2, -0.15) is 10.1 Å². The zero-order valence-electron chi connectivity index (χ0n) is 10.6. The van der Waals surface area contributed by atoms with Crippen molar-refractivity contribution in [3.05, 3.63) is 23.1 Å². The number of aromatic amines is 1. The Labute approximate surface area is 104 Å². The molecule has 2 aromatic heterocycles. The second-order valence-corrected chi connectivity index (χ2v) is 4.09. The third kappa shape index (κ3) is 2.73. The van der Waals surface area contributed by atoms with Gasteiger partial charge in [0.05, 0.1) is 17.1 Å². The Balaban J connectivity index is 1.89. The number of aryl methyl sites for hydroxylation is 4. The van der Waals surface area contributed by atoms with Crippen LogP contribution in [0.1, 0.15) is 29.5 Å². The molecule has 0 atom stereocenters. The zero-order chi connectivity index (χ0) is 13.1. The molecular weight excluding hydrogens is 234 g/mol. The lowest BCUT2D eigenvalue weighted by atomic mass is 10.2. The first-order chi connectivity index (χ1) is 8.56. The molecule has 0 unspecified atom stereocenters. The molecule has 7 nitrogen and oxygen atoms in total. The van der Waals surface area contributed by atoms with Crippen LogP contribution in [0.2, 0.25) is 0 Å². The lowest BCUT2D eigenvalue weighted by Gasteiger charge is -2.03. The molecule has 2 aromatic rings. The van der Waals surface area contributed by atoms with E-state index in [2.05, 4.69) is 25.7 Å². The second kappa shape index (κ2) is 4.99. The van der Waals surface area contributed by atoms with Crippen molar-refractivity contribution in [1.29, 1.82) is 0 Å². The van der Waals surface area contributed by atoms with E-state index >= 15 is 0 Å². The quantitative estimate of drug-likeness (QED) is 0.851. The van der Waals surface area contributed by atoms with E-state index in [0.717, 1.165) is 17.1 Å². The first kappa shape index (κ1) is 12.3. The van der Waals surface area contributed by atoms with Gasteiger partial charge in [-0.1, -0.05) is 5.16 Å². The molecule has 2 N–H and O–H groups in total. The Bertz CT molecular complexity index is 538. The Morgan fingerprint density at radius 2 is 2.17 bits per heavy atom. The number of carbonyl (C=O) groups excluding carboxylic acids is 1. The molecule has 18 heavy (non-hydrogen) atoms. The molecule has 1 amide bonds. The highest BCUT2D eigenvalue weighted by Crippen LogP contribution is 2.16. The van der Waals surface area contributed by atoms with Crippen molar-refractivity contribution in [2.75, 3.05) is 5.32 Å². The van der Waals surface area contributed by atoms with Gasteiger partial charge in [0.25, 0.3) is 0 Å². The zero-order valence-corrected chi connectivity index (χ0v) is 10.6. The molecule has 0 saturated heterocycles. The van der Waals surface area contributed by atoms with Gasteiger partial charge in [-0.15, -0.1) is 0 Å². The number of rotatable bonds is 4. The maximum atomic E-state index is 11.8. The molecule has 0 fully saturated rings. The van der Waals surface area contributed by atoms with Gasteiger partial charge in [0, 0.05) is 12.8 Å². The van der Waals surface area contributed by atoms with Crippen LogP contribution in [-0.4, -0.2) is 26.2 Å². The average Bonchev–Trinajstić information content (AvgIpc) is 2.87. The van der Waals surface area contributed by atoms with E-state index in [-0.39, 0.29) is 5.91 Å². The number of carbonyl (C=O) groups is 1. The van der Waals surface area contributed by atoms with Gasteiger partial charge >= 0.3 is 0 Å². The predicted molar refractivity (Wildman–Crippen MR) is 64.0 cm³/mol. The summed E-state index contributed by atoms with van der Waals surface area (Å²) in [6.07, 6.45) is 0.730. The van der Waals surface area contributed by atoms with Crippen molar-refractivity contribution in [3.8, 4) is 0 Å². The van der Waals surface area contributed by atoms with Gasteiger partial charge in [-0.05, 0) is 20.8 Å². The van der Waals surface area contributed by atoms with E-state index in [1.54, 1.807) is 6.92 Å². The molecule has 2 heterocycles. The summed E-state index contributed by atoms with van der Waals surface area (Å²) >= 11 is 0. The summed E-state index contributed by atoms with van der Waals surface area (Å²) in [7, 11) is 0. The summed E-state index contributed by atoms with van der Waals surface area (Å²) in [5.74, 6) is 0.952. The van der Waals surface area contributed by atoms with Crippen molar-refractivity contribution in [1.82, 2.24) is 20.3 Å². The molecular formula is C11H15N5O2. The van der Waals surface area contributed by atoms with Crippen LogP contribution in [0.5, 0.6) is 0 Å². The minimum absolute atomic E-state index is 0.0987. The molecule has 0 bridgehead atoms. The molecule has 0 radical (unpaired) electrons. The Hall–Kier alpha value is -2.18. The maximum Gasteiger partial charge on any atom is 0.227 e. The second-order valence-electron chi connectivity index (χ2n) is 4.09. The van der Waals surface area contributed by atoms with Crippen molar-refractivity contribution in [3.63, 3.8) is 0 Å². The summed E-state index contributed by atoms with van der Waals surface area (Å²) < 4.78 is 4.94. The highest BCUT2D eigenvalue weighted by atomic mass is 16.5. The van der Waals surface area contributed by atoms with Gasteiger partial charge in [0.2, 0.25) is 11.8 Å². The van der Waals surface area contributed by atoms with Crippen LogP contribution in [0.3, 0.4) is 0 Å². The van der Waals surface area contributed by atoms with Crippen LogP contribution < -0.4 is 5.32 Å². The van der Waals surface area contributed by atoms with Crippen molar-refractivity contribution in [2.45, 2.75) is 33.6 Å². The summed E-state index contributed by atoms with van der Waals surface area (Å²) in [5, 5.41) is 13.3. The van der Waals surface area contributed by atoms with Crippen molar-refractivity contribution < 1.29 is 9.32 Å². The van der Waals surface area contributed by atoms with Crippen LogP contribution in [0.25, 0.3) is 0 Å². The molecule has 0 spiro atoms. The SMILES string of the molecule is Cc1noc(CCC(=O)Nc2c(C)n[nH]c2C)n1. The first-order valence-electron chi connectivity index (χ1n) is 5.67. The third-order valence-electron chi connectivity index (χ3n) is 2.53. The van der Waals surface area contributed by atoms with Crippen molar-refractivity contribution in [2.24, 2.45) is 0 Å². The molecule has 0 aliphatic heterocycles. The summed E-state index contributed by atoms with van der Waals surface area (Å²) in [5.41, 5.74) is 2.35. The highest BCUT2D eigenvalue weighted by molar-refractivity contribution is 5.91. The summed E-state index contributed by atoms with van der Waals surface area (Å²) in [6.45, 7) is 5.43. The topological polar surface area (TPSA) is 96.7 Å². The average molecular weight is 249 g/mol. The van der Waals surface area contributed by atoms with Gasteiger partial charge in [-0.25, -0.2) is 0 Å². The van der Waals surface area contributed by atoms with E-state index in [4.69, 9.17) is 4.52 Å². The number of amides is 1. The number of aromatic nitrogens is 4. The molecule has 7 heteroatoms. The Kier molecular flexibility index (Phi) is 3.40. The Morgan fingerprint density at radius 1 is 1.39 bits per heavy atom. The fourth-order valence-electron chi connectivity index (χ4n) is 1.60. The van der Waals surface area contributed by atoms with Crippen LogP contribution >= 0.6 is 0 Å². The van der Waals surface area contributed by atoms with E-state index in [1.807, 2.05) is 13.8 Å². The lowest BCUT2D eigenvalue weighted by molar-refractivity contribution is -0.116. The van der Waals surface area contributed by atoms with Crippen molar-refractivity contribution >= 4 is 11.6 Å². The molecule has 0 aliphatic carbocycles. The number of H-pyrrole nitrogens is 1. The number of anilines is 1. The maximum absolute atomic E-state index is 11.8. The lowest BCUT2D eigenvalue weighted by Crippen LogP contribution is -2.13. The Morgan fingerprint density at radius 3 is 2.72 bits per heavy atom. The first-order valence-corrected chi connectivity index (χ1v) is 5.67. The normalized spacial score (nSPS) is 10.6.